The second-order valence-electron chi connectivity index (χ2n) is 0.439. The molecule has 0 spiro atoms. The Balaban J connectivity index is 4.25. The fourth-order valence-corrected chi connectivity index (χ4v) is 0. The van der Waals surface area contributed by atoms with Crippen molar-refractivity contribution in [2.45, 2.75) is 6.92 Å². The van der Waals surface area contributed by atoms with E-state index in [1.165, 1.54) is 6.92 Å². The normalized spacial score (nSPS) is 6.60. The molecule has 0 aliphatic heterocycles. The van der Waals surface area contributed by atoms with Gasteiger partial charge in [-0.2, -0.15) is 8.42 Å². The van der Waals surface area contributed by atoms with Gasteiger partial charge < -0.3 is 0 Å². The summed E-state index contributed by atoms with van der Waals surface area (Å²) in [7, 11) is -2.07. The van der Waals surface area contributed by atoms with Gasteiger partial charge in [0, 0.05) is 0 Å². The third kappa shape index (κ3) is 3.69. The summed E-state index contributed by atoms with van der Waals surface area (Å²) in [6.07, 6.45) is 0. The third-order valence-electron chi connectivity index (χ3n) is 0.167. The Hall–Kier alpha value is -0.310. The van der Waals surface area contributed by atoms with Crippen LogP contribution in [0.25, 0.3) is 0 Å². The molecule has 5 heavy (non-hydrogen) atoms. The Morgan fingerprint density at radius 1 is 1.60 bits per heavy atom. The molecule has 0 aromatic carbocycles. The molecule has 0 aromatic heterocycles. The lowest BCUT2D eigenvalue weighted by molar-refractivity contribution is 0.627. The van der Waals surface area contributed by atoms with Crippen LogP contribution in [-0.4, -0.2) is 13.8 Å². The summed E-state index contributed by atoms with van der Waals surface area (Å²) >= 11 is 0. The molecule has 29 valence electrons. The molecule has 0 rings (SSSR count). The summed E-state index contributed by atoms with van der Waals surface area (Å²) in [6, 6.07) is 0. The molecule has 0 amide bonds. The lowest BCUT2D eigenvalue weighted by Gasteiger charge is -1.36. The highest BCUT2D eigenvalue weighted by Crippen LogP contribution is 1.31. The summed E-state index contributed by atoms with van der Waals surface area (Å²) in [6.45, 7) is 1.34. The van der Waals surface area contributed by atoms with Gasteiger partial charge in [0.1, 0.15) is 0 Å². The van der Waals surface area contributed by atoms with Gasteiger partial charge in [-0.1, -0.05) is 0 Å². The average Bonchev–Trinajstić information content (AvgIpc) is 1.38. The van der Waals surface area contributed by atoms with Gasteiger partial charge in [-0.15, -0.1) is 0 Å². The van der Waals surface area contributed by atoms with Crippen LogP contribution in [0.3, 0.4) is 0 Å². The first-order chi connectivity index (χ1) is 2.27. The van der Waals surface area contributed by atoms with Crippen LogP contribution in [0.2, 0.25) is 0 Å². The average molecular weight is 91.1 g/mol. The Morgan fingerprint density at radius 3 is 1.80 bits per heavy atom. The van der Waals surface area contributed by atoms with Gasteiger partial charge in [-0.25, -0.2) is 0 Å². The predicted octanol–water partition coefficient (Wildman–Crippen LogP) is -0.435. The minimum atomic E-state index is -2.07. The topological polar surface area (TPSA) is 34.1 Å². The Morgan fingerprint density at radius 2 is 1.80 bits per heavy atom. The van der Waals surface area contributed by atoms with E-state index in [0.717, 1.165) is 0 Å². The number of hydrogen-bond acceptors (Lipinski definition) is 2. The molecule has 0 aromatic rings. The van der Waals surface area contributed by atoms with E-state index in [4.69, 9.17) is 0 Å². The van der Waals surface area contributed by atoms with Crippen LogP contribution >= 0.6 is 0 Å². The summed E-state index contributed by atoms with van der Waals surface area (Å²) < 4.78 is 18.5. The molecule has 0 atom stereocenters. The Labute approximate surface area is 32.0 Å². The van der Waals surface area contributed by atoms with E-state index < -0.39 is 10.3 Å². The first-order valence-electron chi connectivity index (χ1n) is 1.04. The molecule has 0 heterocycles. The maximum Gasteiger partial charge on any atom is 0.218 e. The summed E-state index contributed by atoms with van der Waals surface area (Å²) in [5.74, 6) is 0. The summed E-state index contributed by atoms with van der Waals surface area (Å²) in [4.78, 5) is 0. The van der Waals surface area contributed by atoms with Crippen molar-refractivity contribution < 1.29 is 8.42 Å². The van der Waals surface area contributed by atoms with Gasteiger partial charge in [0.15, 0.2) is 0 Å². The van der Waals surface area contributed by atoms with Gasteiger partial charge >= 0.3 is 0 Å². The van der Waals surface area contributed by atoms with Crippen molar-refractivity contribution in [3.8, 4) is 0 Å². The smallest absolute Gasteiger partial charge is 0.184 e. The lowest BCUT2D eigenvalue weighted by Crippen LogP contribution is -1.55. The molecule has 2 nitrogen and oxygen atoms in total. The molecule has 3 heteroatoms. The Kier molecular flexibility index (Phi) is 1.84. The van der Waals surface area contributed by atoms with Crippen molar-refractivity contribution in [3.05, 3.63) is 0 Å². The van der Waals surface area contributed by atoms with Crippen molar-refractivity contribution in [2.75, 3.05) is 0 Å². The van der Waals surface area contributed by atoms with Crippen LogP contribution in [0.4, 0.5) is 0 Å². The van der Waals surface area contributed by atoms with Gasteiger partial charge in [-0.3, -0.25) is 0 Å². The molecule has 1 radical (unpaired) electrons. The second-order valence-corrected chi connectivity index (χ2v) is 1.32. The van der Waals surface area contributed by atoms with Crippen molar-refractivity contribution in [1.29, 1.82) is 0 Å². The molecular formula is C2H3O2S. The van der Waals surface area contributed by atoms with E-state index in [1.807, 2.05) is 5.37 Å². The fourth-order valence-electron chi connectivity index (χ4n) is 0. The van der Waals surface area contributed by atoms with Crippen LogP contribution in [0.5, 0.6) is 0 Å². The zero-order valence-corrected chi connectivity index (χ0v) is 3.54. The Bertz CT molecular complexity index is 111. The van der Waals surface area contributed by atoms with E-state index >= 15 is 0 Å². The third-order valence-corrected chi connectivity index (χ3v) is 0.500. The quantitative estimate of drug-likeness (QED) is 0.379. The van der Waals surface area contributed by atoms with Gasteiger partial charge in [0.2, 0.25) is 10.3 Å². The first kappa shape index (κ1) is 4.69. The molecule has 0 aliphatic rings. The highest BCUT2D eigenvalue weighted by atomic mass is 32.2. The van der Waals surface area contributed by atoms with Gasteiger partial charge in [0.25, 0.3) is 0 Å². The number of rotatable bonds is 0. The largest absolute Gasteiger partial charge is 0.218 e. The van der Waals surface area contributed by atoms with E-state index in [1.54, 1.807) is 0 Å². The maximum atomic E-state index is 9.26. The van der Waals surface area contributed by atoms with Crippen LogP contribution in [-0.2, 0) is 10.3 Å². The molecule has 0 N–H and O–H groups in total. The molecule has 0 fully saturated rings. The van der Waals surface area contributed by atoms with E-state index in [9.17, 15) is 8.42 Å². The van der Waals surface area contributed by atoms with Gasteiger partial charge in [0.05, 0.1) is 5.37 Å². The van der Waals surface area contributed by atoms with Crippen molar-refractivity contribution in [2.24, 2.45) is 0 Å². The van der Waals surface area contributed by atoms with Crippen LogP contribution in [0.15, 0.2) is 0 Å². The zero-order chi connectivity index (χ0) is 4.28. The summed E-state index contributed by atoms with van der Waals surface area (Å²) in [5, 5.41) is 1.94. The minimum absolute atomic E-state index is 1.34. The van der Waals surface area contributed by atoms with Gasteiger partial charge in [-0.05, 0) is 6.92 Å². The van der Waals surface area contributed by atoms with E-state index in [0.29, 0.717) is 0 Å². The maximum absolute atomic E-state index is 9.26. The van der Waals surface area contributed by atoms with Crippen molar-refractivity contribution >= 4 is 15.7 Å². The standard InChI is InChI=1S/C2H3O2S/c1-2-5(3)4/h1H3. The molecule has 0 aliphatic carbocycles. The van der Waals surface area contributed by atoms with Crippen LogP contribution in [0.1, 0.15) is 6.92 Å². The molecular weight excluding hydrogens is 88.1 g/mol. The SMILES string of the molecule is C[C]=S(=O)=O. The summed E-state index contributed by atoms with van der Waals surface area (Å²) in [5.41, 5.74) is 0. The van der Waals surface area contributed by atoms with Crippen LogP contribution < -0.4 is 0 Å². The molecule has 0 bridgehead atoms. The highest BCUT2D eigenvalue weighted by Gasteiger charge is 1.49. The lowest BCUT2D eigenvalue weighted by atomic mass is 11.0. The monoisotopic (exact) mass is 91.0 g/mol. The fraction of sp³-hybridized carbons (Fsp3) is 0.500. The second kappa shape index (κ2) is 1.96. The van der Waals surface area contributed by atoms with Crippen molar-refractivity contribution in [3.63, 3.8) is 0 Å². The number of hydrogen-bond donors (Lipinski definition) is 0. The van der Waals surface area contributed by atoms with E-state index in [2.05, 4.69) is 0 Å². The highest BCUT2D eigenvalue weighted by molar-refractivity contribution is 7.71. The van der Waals surface area contributed by atoms with Crippen LogP contribution in [0, 0.1) is 0 Å². The zero-order valence-electron chi connectivity index (χ0n) is 2.72. The first-order valence-corrected chi connectivity index (χ1v) is 2.11. The molecule has 0 saturated heterocycles. The predicted molar refractivity (Wildman–Crippen MR) is 19.6 cm³/mol. The van der Waals surface area contributed by atoms with E-state index in [-0.39, 0.29) is 0 Å². The van der Waals surface area contributed by atoms with Crippen molar-refractivity contribution in [1.82, 2.24) is 0 Å². The molecule has 0 saturated carbocycles. The molecule has 0 unspecified atom stereocenters. The minimum Gasteiger partial charge on any atom is -0.184 e.